The van der Waals surface area contributed by atoms with Crippen LogP contribution in [0.4, 0.5) is 5.69 Å². The van der Waals surface area contributed by atoms with Crippen LogP contribution in [0, 0.1) is 13.8 Å². The number of thioether (sulfide) groups is 1. The van der Waals surface area contributed by atoms with Gasteiger partial charge in [-0.1, -0.05) is 23.9 Å². The van der Waals surface area contributed by atoms with E-state index in [1.54, 1.807) is 31.4 Å². The summed E-state index contributed by atoms with van der Waals surface area (Å²) >= 11 is 2.83. The third-order valence-electron chi connectivity index (χ3n) is 4.49. The molecular formula is C22H22N2O3S2. The molecule has 0 saturated carbocycles. The maximum Gasteiger partial charge on any atom is 0.230 e. The summed E-state index contributed by atoms with van der Waals surface area (Å²) in [6.07, 6.45) is 0.205. The van der Waals surface area contributed by atoms with Gasteiger partial charge < -0.3 is 10.1 Å². The molecule has 29 heavy (non-hydrogen) atoms. The molecule has 0 spiro atoms. The van der Waals surface area contributed by atoms with Gasteiger partial charge >= 0.3 is 0 Å². The molecule has 1 N–H and O–H groups in total. The van der Waals surface area contributed by atoms with Crippen LogP contribution in [0.15, 0.2) is 52.2 Å². The molecule has 150 valence electrons. The van der Waals surface area contributed by atoms with Gasteiger partial charge in [-0.3, -0.25) is 9.59 Å². The molecular weight excluding hydrogens is 404 g/mol. The summed E-state index contributed by atoms with van der Waals surface area (Å²) in [5.41, 5.74) is 4.37. The fourth-order valence-electron chi connectivity index (χ4n) is 2.67. The number of rotatable bonds is 8. The predicted molar refractivity (Wildman–Crippen MR) is 118 cm³/mol. The molecule has 0 atom stereocenters. The van der Waals surface area contributed by atoms with Crippen molar-refractivity contribution in [1.82, 2.24) is 4.98 Å². The van der Waals surface area contributed by atoms with Gasteiger partial charge in [0.25, 0.3) is 0 Å². The average molecular weight is 427 g/mol. The van der Waals surface area contributed by atoms with Crippen molar-refractivity contribution in [2.75, 3.05) is 18.2 Å². The van der Waals surface area contributed by atoms with Gasteiger partial charge in [-0.25, -0.2) is 4.98 Å². The van der Waals surface area contributed by atoms with E-state index in [4.69, 9.17) is 4.74 Å². The zero-order valence-corrected chi connectivity index (χ0v) is 18.2. The summed E-state index contributed by atoms with van der Waals surface area (Å²) in [4.78, 5) is 29.1. The predicted octanol–water partition coefficient (Wildman–Crippen LogP) is 4.92. The van der Waals surface area contributed by atoms with E-state index in [1.165, 1.54) is 23.1 Å². The van der Waals surface area contributed by atoms with E-state index in [2.05, 4.69) is 10.3 Å². The van der Waals surface area contributed by atoms with Crippen LogP contribution in [0.1, 0.15) is 27.2 Å². The van der Waals surface area contributed by atoms with Crippen LogP contribution in [-0.4, -0.2) is 29.5 Å². The highest BCUT2D eigenvalue weighted by Gasteiger charge is 2.12. The number of ketones is 1. The van der Waals surface area contributed by atoms with Crippen molar-refractivity contribution in [2.24, 2.45) is 0 Å². The monoisotopic (exact) mass is 426 g/mol. The molecule has 0 radical (unpaired) electrons. The molecule has 3 aromatic rings. The third kappa shape index (κ3) is 5.68. The number of thiazole rings is 1. The average Bonchev–Trinajstić information content (AvgIpc) is 3.17. The Morgan fingerprint density at radius 1 is 1.14 bits per heavy atom. The second-order valence-corrected chi connectivity index (χ2v) is 8.60. The first-order valence-corrected chi connectivity index (χ1v) is 10.9. The van der Waals surface area contributed by atoms with Crippen LogP contribution in [0.3, 0.4) is 0 Å². The molecule has 3 rings (SSSR count). The lowest BCUT2D eigenvalue weighted by Crippen LogP contribution is -2.15. The first-order valence-electron chi connectivity index (χ1n) is 9.07. The number of aryl methyl sites for hydroxylation is 1. The van der Waals surface area contributed by atoms with Crippen molar-refractivity contribution in [3.63, 3.8) is 0 Å². The summed E-state index contributed by atoms with van der Waals surface area (Å²) < 4.78 is 5.88. The minimum Gasteiger partial charge on any atom is -0.497 e. The van der Waals surface area contributed by atoms with Crippen molar-refractivity contribution in [3.8, 4) is 5.75 Å². The van der Waals surface area contributed by atoms with Gasteiger partial charge in [-0.05, 0) is 55.3 Å². The van der Waals surface area contributed by atoms with Crippen LogP contribution < -0.4 is 10.1 Å². The Kier molecular flexibility index (Phi) is 7.06. The number of methoxy groups -OCH3 is 1. The molecule has 0 aliphatic heterocycles. The molecule has 1 aromatic heterocycles. The van der Waals surface area contributed by atoms with Crippen molar-refractivity contribution >= 4 is 40.5 Å². The molecule has 0 unspecified atom stereocenters. The lowest BCUT2D eigenvalue weighted by Gasteiger charge is -2.09. The van der Waals surface area contributed by atoms with Crippen LogP contribution in [0.2, 0.25) is 0 Å². The number of Topliss-reactive ketones (excluding diaryl/α,β-unsaturated/α-hetero) is 1. The fraction of sp³-hybridized carbons (Fsp3) is 0.227. The highest BCUT2D eigenvalue weighted by Crippen LogP contribution is 2.25. The highest BCUT2D eigenvalue weighted by molar-refractivity contribution is 8.01. The number of nitrogens with one attached hydrogen (secondary N) is 1. The van der Waals surface area contributed by atoms with Crippen LogP contribution in [0.25, 0.3) is 0 Å². The number of amides is 1. The third-order valence-corrected chi connectivity index (χ3v) is 6.56. The van der Waals surface area contributed by atoms with E-state index in [0.717, 1.165) is 26.9 Å². The summed E-state index contributed by atoms with van der Waals surface area (Å²) in [6.45, 7) is 4.00. The molecule has 7 heteroatoms. The molecule has 0 bridgehead atoms. The Labute approximate surface area is 178 Å². The van der Waals surface area contributed by atoms with E-state index in [-0.39, 0.29) is 18.1 Å². The number of ether oxygens (including phenoxy) is 1. The quantitative estimate of drug-likeness (QED) is 0.409. The Hall–Kier alpha value is -2.64. The molecule has 2 aromatic carbocycles. The van der Waals surface area contributed by atoms with Crippen LogP contribution in [0.5, 0.6) is 5.75 Å². The summed E-state index contributed by atoms with van der Waals surface area (Å²) in [5, 5.41) is 4.81. The van der Waals surface area contributed by atoms with Gasteiger partial charge in [0.2, 0.25) is 5.91 Å². The van der Waals surface area contributed by atoms with E-state index in [1.807, 2.05) is 37.4 Å². The number of hydrogen-bond donors (Lipinski definition) is 1. The minimum absolute atomic E-state index is 0.0297. The number of hydrogen-bond acceptors (Lipinski definition) is 6. The van der Waals surface area contributed by atoms with Crippen molar-refractivity contribution in [3.05, 3.63) is 70.2 Å². The number of carbonyl (C=O) groups excluding carboxylic acids is 2. The van der Waals surface area contributed by atoms with Gasteiger partial charge in [-0.15, -0.1) is 11.3 Å². The lowest BCUT2D eigenvalue weighted by molar-refractivity contribution is -0.115. The maximum absolute atomic E-state index is 12.3. The van der Waals surface area contributed by atoms with E-state index >= 15 is 0 Å². The number of carbonyl (C=O) groups is 2. The maximum atomic E-state index is 12.3. The van der Waals surface area contributed by atoms with E-state index in [0.29, 0.717) is 17.0 Å². The topological polar surface area (TPSA) is 68.3 Å². The van der Waals surface area contributed by atoms with Gasteiger partial charge in [-0.2, -0.15) is 0 Å². The summed E-state index contributed by atoms with van der Waals surface area (Å²) in [7, 11) is 1.59. The fourth-order valence-corrected chi connectivity index (χ4v) is 4.41. The van der Waals surface area contributed by atoms with Crippen LogP contribution >= 0.6 is 23.1 Å². The number of aromatic nitrogens is 1. The summed E-state index contributed by atoms with van der Waals surface area (Å²) in [5.74, 6) is 0.948. The molecule has 0 fully saturated rings. The van der Waals surface area contributed by atoms with Crippen molar-refractivity contribution < 1.29 is 14.3 Å². The van der Waals surface area contributed by atoms with Gasteiger partial charge in [0, 0.05) is 16.6 Å². The first kappa shape index (κ1) is 21.1. The van der Waals surface area contributed by atoms with Crippen molar-refractivity contribution in [2.45, 2.75) is 24.6 Å². The molecule has 1 heterocycles. The van der Waals surface area contributed by atoms with Crippen molar-refractivity contribution in [1.29, 1.82) is 0 Å². The SMILES string of the molecule is COc1ccc(C(=O)CSc2nc(CC(=O)Nc3cccc(C)c3C)cs2)cc1. The van der Waals surface area contributed by atoms with Gasteiger partial charge in [0.15, 0.2) is 10.1 Å². The van der Waals surface area contributed by atoms with Crippen LogP contribution in [-0.2, 0) is 11.2 Å². The lowest BCUT2D eigenvalue weighted by atomic mass is 10.1. The Morgan fingerprint density at radius 2 is 1.90 bits per heavy atom. The number of anilines is 1. The van der Waals surface area contributed by atoms with Gasteiger partial charge in [0.1, 0.15) is 5.75 Å². The number of nitrogens with zero attached hydrogens (tertiary/aromatic N) is 1. The molecule has 0 aliphatic rings. The number of benzene rings is 2. The molecule has 5 nitrogen and oxygen atoms in total. The standard InChI is InChI=1S/C22H22N2O3S2/c1-14-5-4-6-19(15(14)2)24-21(26)11-17-12-28-22(23-17)29-13-20(25)16-7-9-18(27-3)10-8-16/h4-10,12H,11,13H2,1-3H3,(H,24,26). The summed E-state index contributed by atoms with van der Waals surface area (Å²) in [6, 6.07) is 12.9. The van der Waals surface area contributed by atoms with E-state index < -0.39 is 0 Å². The largest absolute Gasteiger partial charge is 0.497 e. The minimum atomic E-state index is -0.102. The Morgan fingerprint density at radius 3 is 2.62 bits per heavy atom. The molecule has 0 aliphatic carbocycles. The van der Waals surface area contributed by atoms with E-state index in [9.17, 15) is 9.59 Å². The highest BCUT2D eigenvalue weighted by atomic mass is 32.2. The first-order chi connectivity index (χ1) is 14.0. The second-order valence-electron chi connectivity index (χ2n) is 6.52. The zero-order valence-electron chi connectivity index (χ0n) is 16.5. The Balaban J connectivity index is 1.52. The Bertz CT molecular complexity index is 1010. The smallest absolute Gasteiger partial charge is 0.230 e. The zero-order chi connectivity index (χ0) is 20.8. The molecule has 1 amide bonds. The van der Waals surface area contributed by atoms with Gasteiger partial charge in [0.05, 0.1) is 25.0 Å². The second kappa shape index (κ2) is 9.71. The normalized spacial score (nSPS) is 10.6. The molecule has 0 saturated heterocycles.